The van der Waals surface area contributed by atoms with Gasteiger partial charge in [0.25, 0.3) is 5.69 Å². The number of aromatic nitrogens is 7. The van der Waals surface area contributed by atoms with Crippen LogP contribution in [0.1, 0.15) is 17.1 Å². The highest BCUT2D eigenvalue weighted by atomic mass is 32.1. The van der Waals surface area contributed by atoms with Crippen molar-refractivity contribution < 1.29 is 4.92 Å². The van der Waals surface area contributed by atoms with Crippen molar-refractivity contribution >= 4 is 22.0 Å². The summed E-state index contributed by atoms with van der Waals surface area (Å²) in [5.41, 5.74) is 3.25. The Hall–Kier alpha value is -3.99. The van der Waals surface area contributed by atoms with Crippen molar-refractivity contribution in [1.82, 2.24) is 34.8 Å². The van der Waals surface area contributed by atoms with Crippen molar-refractivity contribution in [2.45, 2.75) is 13.3 Å². The molecule has 0 radical (unpaired) electrons. The summed E-state index contributed by atoms with van der Waals surface area (Å²) in [4.78, 5) is 11.1. The van der Waals surface area contributed by atoms with Crippen molar-refractivity contribution in [3.05, 3.63) is 81.8 Å². The molecule has 0 amide bonds. The van der Waals surface area contributed by atoms with E-state index in [1.165, 1.54) is 23.5 Å². The lowest BCUT2D eigenvalue weighted by atomic mass is 10.1. The van der Waals surface area contributed by atoms with Gasteiger partial charge in [-0.15, -0.1) is 15.3 Å². The van der Waals surface area contributed by atoms with Gasteiger partial charge in [0.2, 0.25) is 4.96 Å². The second-order valence-corrected chi connectivity index (χ2v) is 7.54. The number of nitro benzene ring substituents is 1. The first-order valence-electron chi connectivity index (χ1n) is 9.03. The van der Waals surface area contributed by atoms with E-state index in [1.54, 1.807) is 21.3 Å². The highest BCUT2D eigenvalue weighted by Gasteiger charge is 2.19. The molecule has 5 rings (SSSR count). The Morgan fingerprint density at radius 1 is 1.03 bits per heavy atom. The molecule has 0 aliphatic heterocycles. The van der Waals surface area contributed by atoms with Crippen LogP contribution in [0, 0.1) is 17.0 Å². The lowest BCUT2D eigenvalue weighted by molar-refractivity contribution is -0.384. The van der Waals surface area contributed by atoms with Crippen LogP contribution in [0.15, 0.2) is 54.6 Å². The molecule has 0 bridgehead atoms. The maximum absolute atomic E-state index is 10.9. The van der Waals surface area contributed by atoms with Crippen LogP contribution in [-0.2, 0) is 6.42 Å². The van der Waals surface area contributed by atoms with Gasteiger partial charge >= 0.3 is 0 Å². The highest BCUT2D eigenvalue weighted by molar-refractivity contribution is 7.19. The fourth-order valence-corrected chi connectivity index (χ4v) is 4.02. The zero-order valence-corrected chi connectivity index (χ0v) is 16.5. The van der Waals surface area contributed by atoms with E-state index < -0.39 is 4.92 Å². The molecule has 0 atom stereocenters. The smallest absolute Gasteiger partial charge is 0.258 e. The van der Waals surface area contributed by atoms with Crippen LogP contribution in [0.5, 0.6) is 0 Å². The fourth-order valence-electron chi connectivity index (χ4n) is 3.13. The molecular weight excluding hydrogens is 404 g/mol. The number of nitrogens with zero attached hydrogens (tertiary/aromatic N) is 8. The quantitative estimate of drug-likeness (QED) is 0.318. The summed E-state index contributed by atoms with van der Waals surface area (Å²) >= 11 is 1.38. The molecule has 3 aromatic heterocycles. The molecule has 0 saturated heterocycles. The maximum atomic E-state index is 10.9. The summed E-state index contributed by atoms with van der Waals surface area (Å²) in [6.07, 6.45) is 0.625. The zero-order chi connectivity index (χ0) is 20.7. The van der Waals surface area contributed by atoms with Crippen LogP contribution in [-0.4, -0.2) is 39.7 Å². The van der Waals surface area contributed by atoms with Gasteiger partial charge in [0.05, 0.1) is 16.3 Å². The van der Waals surface area contributed by atoms with E-state index in [0.717, 1.165) is 17.1 Å². The molecule has 0 aliphatic carbocycles. The van der Waals surface area contributed by atoms with Gasteiger partial charge in [-0.2, -0.15) is 9.61 Å². The molecule has 0 unspecified atom stereocenters. The largest absolute Gasteiger partial charge is 0.269 e. The van der Waals surface area contributed by atoms with Crippen molar-refractivity contribution in [3.63, 3.8) is 0 Å². The Morgan fingerprint density at radius 3 is 2.53 bits per heavy atom. The first-order valence-corrected chi connectivity index (χ1v) is 9.84. The molecule has 5 aromatic rings. The van der Waals surface area contributed by atoms with E-state index in [2.05, 4.69) is 25.6 Å². The van der Waals surface area contributed by atoms with Crippen molar-refractivity contribution in [1.29, 1.82) is 0 Å². The third kappa shape index (κ3) is 3.10. The van der Waals surface area contributed by atoms with E-state index >= 15 is 0 Å². The average Bonchev–Trinajstić information content (AvgIpc) is 3.44. The molecule has 0 N–H and O–H groups in total. The predicted molar refractivity (Wildman–Crippen MR) is 110 cm³/mol. The minimum absolute atomic E-state index is 0.0244. The van der Waals surface area contributed by atoms with Crippen molar-refractivity contribution in [3.8, 4) is 16.4 Å². The summed E-state index contributed by atoms with van der Waals surface area (Å²) in [5.74, 6) is 0.749. The first kappa shape index (κ1) is 18.1. The van der Waals surface area contributed by atoms with Gasteiger partial charge in [-0.05, 0) is 24.6 Å². The molecular formula is C19H14N8O2S. The predicted octanol–water partition coefficient (Wildman–Crippen LogP) is 3.24. The maximum Gasteiger partial charge on any atom is 0.269 e. The van der Waals surface area contributed by atoms with Crippen molar-refractivity contribution in [2.75, 3.05) is 0 Å². The molecule has 2 aromatic carbocycles. The molecule has 0 aliphatic rings. The van der Waals surface area contributed by atoms with E-state index in [9.17, 15) is 10.1 Å². The fraction of sp³-hybridized carbons (Fsp3) is 0.105. The minimum Gasteiger partial charge on any atom is -0.258 e. The van der Waals surface area contributed by atoms with Crippen molar-refractivity contribution in [2.24, 2.45) is 0 Å². The van der Waals surface area contributed by atoms with E-state index in [1.807, 2.05) is 37.3 Å². The van der Waals surface area contributed by atoms with E-state index in [-0.39, 0.29) is 5.69 Å². The lowest BCUT2D eigenvalue weighted by Gasteiger charge is -2.02. The van der Waals surface area contributed by atoms with Crippen LogP contribution in [0.2, 0.25) is 0 Å². The lowest BCUT2D eigenvalue weighted by Crippen LogP contribution is -2.00. The number of benzene rings is 2. The SMILES string of the molecule is Cc1c(-c2nn3c(Cc4ccccc4)nnc3s2)nnn1-c1ccc([N+](=O)[O-])cc1. The summed E-state index contributed by atoms with van der Waals surface area (Å²) in [6.45, 7) is 1.88. The second-order valence-electron chi connectivity index (χ2n) is 6.59. The molecule has 30 heavy (non-hydrogen) atoms. The van der Waals surface area contributed by atoms with Gasteiger partial charge in [0, 0.05) is 18.6 Å². The summed E-state index contributed by atoms with van der Waals surface area (Å²) < 4.78 is 3.36. The first-order chi connectivity index (χ1) is 14.6. The molecule has 0 fully saturated rings. The third-order valence-electron chi connectivity index (χ3n) is 4.66. The van der Waals surface area contributed by atoms with Gasteiger partial charge in [0.15, 0.2) is 10.8 Å². The Bertz CT molecular complexity index is 1350. The Morgan fingerprint density at radius 2 is 1.80 bits per heavy atom. The Kier molecular flexibility index (Phi) is 4.29. The molecule has 3 heterocycles. The molecule has 10 nitrogen and oxygen atoms in total. The number of hydrogen-bond acceptors (Lipinski definition) is 8. The van der Waals surface area contributed by atoms with Gasteiger partial charge in [-0.25, -0.2) is 4.68 Å². The number of nitro groups is 1. The van der Waals surface area contributed by atoms with Crippen LogP contribution >= 0.6 is 11.3 Å². The van der Waals surface area contributed by atoms with Gasteiger partial charge in [0.1, 0.15) is 5.69 Å². The monoisotopic (exact) mass is 418 g/mol. The summed E-state index contributed by atoms with van der Waals surface area (Å²) in [6, 6.07) is 16.2. The molecule has 0 saturated carbocycles. The van der Waals surface area contributed by atoms with Gasteiger partial charge < -0.3 is 0 Å². The zero-order valence-electron chi connectivity index (χ0n) is 15.7. The van der Waals surface area contributed by atoms with E-state index in [0.29, 0.717) is 27.8 Å². The van der Waals surface area contributed by atoms with Crippen LogP contribution < -0.4 is 0 Å². The molecule has 148 valence electrons. The Labute approximate surface area is 173 Å². The van der Waals surface area contributed by atoms with Crippen LogP contribution in [0.25, 0.3) is 21.3 Å². The number of non-ortho nitro benzene ring substituents is 1. The summed E-state index contributed by atoms with van der Waals surface area (Å²) in [7, 11) is 0. The van der Waals surface area contributed by atoms with Crippen LogP contribution in [0.3, 0.4) is 0 Å². The summed E-state index contributed by atoms with van der Waals surface area (Å²) in [5, 5.41) is 33.1. The number of fused-ring (bicyclic) bond motifs is 1. The van der Waals surface area contributed by atoms with Crippen LogP contribution in [0.4, 0.5) is 5.69 Å². The van der Waals surface area contributed by atoms with E-state index in [4.69, 9.17) is 0 Å². The highest BCUT2D eigenvalue weighted by Crippen LogP contribution is 2.28. The van der Waals surface area contributed by atoms with Gasteiger partial charge in [-0.1, -0.05) is 46.9 Å². The molecule has 0 spiro atoms. The topological polar surface area (TPSA) is 117 Å². The number of rotatable bonds is 5. The second kappa shape index (κ2) is 7.12. The normalized spacial score (nSPS) is 11.2. The average molecular weight is 418 g/mol. The minimum atomic E-state index is -0.435. The number of hydrogen-bond donors (Lipinski definition) is 0. The third-order valence-corrected chi connectivity index (χ3v) is 5.57. The molecule has 11 heteroatoms. The Balaban J connectivity index is 1.48. The van der Waals surface area contributed by atoms with Gasteiger partial charge in [-0.3, -0.25) is 10.1 Å². The standard InChI is InChI=1S/C19H14N8O2S/c1-12-17(21-24-25(12)14-7-9-15(10-8-14)27(28)29)18-23-26-16(20-22-19(26)30-18)11-13-5-3-2-4-6-13/h2-10H,11H2,1H3.